The lowest BCUT2D eigenvalue weighted by Crippen LogP contribution is -2.41. The van der Waals surface area contributed by atoms with Crippen LogP contribution in [-0.2, 0) is 27.4 Å². The van der Waals surface area contributed by atoms with Crippen molar-refractivity contribution >= 4 is 40.9 Å². The van der Waals surface area contributed by atoms with E-state index in [4.69, 9.17) is 15.6 Å². The summed E-state index contributed by atoms with van der Waals surface area (Å²) in [5.41, 5.74) is 6.01. The van der Waals surface area contributed by atoms with Crippen LogP contribution in [0.3, 0.4) is 0 Å². The molecule has 1 aliphatic rings. The number of carbonyl (C=O) groups is 3. The van der Waals surface area contributed by atoms with Crippen molar-refractivity contribution in [2.75, 3.05) is 24.7 Å². The molecule has 1 unspecified atom stereocenters. The molecule has 2 amide bonds. The third kappa shape index (κ3) is 5.98. The van der Waals surface area contributed by atoms with Gasteiger partial charge in [0.15, 0.2) is 0 Å². The molecule has 29 heavy (non-hydrogen) atoms. The number of carboxylic acid groups (broad SMARTS) is 1. The average Bonchev–Trinajstić information content (AvgIpc) is 3.42. The molecule has 156 valence electrons. The van der Waals surface area contributed by atoms with Gasteiger partial charge in [-0.1, -0.05) is 5.21 Å². The van der Waals surface area contributed by atoms with Gasteiger partial charge in [0.25, 0.3) is 5.91 Å². The van der Waals surface area contributed by atoms with E-state index in [1.54, 1.807) is 21.2 Å². The number of hydrogen-bond acceptors (Lipinski definition) is 9. The summed E-state index contributed by atoms with van der Waals surface area (Å²) in [4.78, 5) is 40.3. The number of aromatic nitrogens is 4. The maximum Gasteiger partial charge on any atom is 0.313 e. The zero-order valence-electron chi connectivity index (χ0n) is 15.4. The SMILES string of the molecule is NC(=O)c1csc(Cn2cc(CN(C(=O)CSCC(=O)O)C3CCOC3)nn2)n1. The molecule has 11 nitrogen and oxygen atoms in total. The Morgan fingerprint density at radius 1 is 1.41 bits per heavy atom. The number of primary amides is 1. The summed E-state index contributed by atoms with van der Waals surface area (Å²) in [5, 5.41) is 19.2. The number of carbonyl (C=O) groups excluding carboxylic acids is 2. The molecule has 0 bridgehead atoms. The minimum absolute atomic E-state index is 0.0739. The Balaban J connectivity index is 1.63. The Morgan fingerprint density at radius 2 is 2.24 bits per heavy atom. The number of rotatable bonds is 10. The number of thiazole rings is 1. The van der Waals surface area contributed by atoms with Crippen molar-refractivity contribution in [2.45, 2.75) is 25.6 Å². The number of hydrogen-bond donors (Lipinski definition) is 2. The molecule has 1 saturated heterocycles. The normalized spacial score (nSPS) is 16.1. The third-order valence-electron chi connectivity index (χ3n) is 4.14. The first-order chi connectivity index (χ1) is 13.9. The fourth-order valence-electron chi connectivity index (χ4n) is 2.80. The van der Waals surface area contributed by atoms with E-state index in [0.29, 0.717) is 30.5 Å². The number of carboxylic acids is 1. The van der Waals surface area contributed by atoms with Crippen molar-refractivity contribution in [2.24, 2.45) is 5.73 Å². The summed E-state index contributed by atoms with van der Waals surface area (Å²) in [6.45, 7) is 1.61. The van der Waals surface area contributed by atoms with Gasteiger partial charge in [-0.25, -0.2) is 9.67 Å². The molecule has 1 aliphatic heterocycles. The van der Waals surface area contributed by atoms with Gasteiger partial charge < -0.3 is 20.5 Å². The zero-order valence-corrected chi connectivity index (χ0v) is 17.0. The van der Waals surface area contributed by atoms with Gasteiger partial charge in [0, 0.05) is 12.0 Å². The minimum atomic E-state index is -0.955. The lowest BCUT2D eigenvalue weighted by molar-refractivity contribution is -0.133. The molecule has 1 fully saturated rings. The third-order valence-corrected chi connectivity index (χ3v) is 5.87. The van der Waals surface area contributed by atoms with E-state index in [2.05, 4.69) is 15.3 Å². The van der Waals surface area contributed by atoms with E-state index in [0.717, 1.165) is 18.2 Å². The second kappa shape index (κ2) is 9.80. The van der Waals surface area contributed by atoms with Crippen LogP contribution < -0.4 is 5.73 Å². The molecule has 3 rings (SSSR count). The van der Waals surface area contributed by atoms with E-state index in [1.165, 1.54) is 11.3 Å². The van der Waals surface area contributed by atoms with E-state index < -0.39 is 11.9 Å². The first kappa shape index (κ1) is 21.2. The van der Waals surface area contributed by atoms with E-state index >= 15 is 0 Å². The van der Waals surface area contributed by atoms with Crippen molar-refractivity contribution in [3.05, 3.63) is 28.0 Å². The standard InChI is InChI=1S/C16H20N6O5S2/c17-16(26)12-7-29-13(18-12)5-21-3-10(19-20-21)4-22(11-1-2-27-6-11)14(23)8-28-9-15(24)25/h3,7,11H,1-2,4-6,8-9H2,(H2,17,26)(H,24,25). The highest BCUT2D eigenvalue weighted by atomic mass is 32.2. The van der Waals surface area contributed by atoms with Crippen molar-refractivity contribution in [3.63, 3.8) is 0 Å². The zero-order chi connectivity index (χ0) is 20.8. The molecule has 3 heterocycles. The minimum Gasteiger partial charge on any atom is -0.481 e. The second-order valence-electron chi connectivity index (χ2n) is 6.32. The van der Waals surface area contributed by atoms with Crippen LogP contribution in [0.5, 0.6) is 0 Å². The molecule has 0 aliphatic carbocycles. The first-order valence-electron chi connectivity index (χ1n) is 8.72. The number of nitrogens with zero attached hydrogens (tertiary/aromatic N) is 5. The Kier molecular flexibility index (Phi) is 7.17. The molecule has 3 N–H and O–H groups in total. The number of thioether (sulfide) groups is 1. The molecular weight excluding hydrogens is 420 g/mol. The number of ether oxygens (including phenoxy) is 1. The molecule has 0 aromatic carbocycles. The molecule has 2 aromatic rings. The van der Waals surface area contributed by atoms with Crippen molar-refractivity contribution in [1.29, 1.82) is 0 Å². The van der Waals surface area contributed by atoms with Crippen LogP contribution in [0.1, 0.15) is 27.6 Å². The lowest BCUT2D eigenvalue weighted by Gasteiger charge is -2.27. The van der Waals surface area contributed by atoms with Crippen LogP contribution in [0.25, 0.3) is 0 Å². The highest BCUT2D eigenvalue weighted by Gasteiger charge is 2.28. The average molecular weight is 441 g/mol. The Hall–Kier alpha value is -2.51. The first-order valence-corrected chi connectivity index (χ1v) is 10.8. The molecule has 0 saturated carbocycles. The van der Waals surface area contributed by atoms with Crippen LogP contribution >= 0.6 is 23.1 Å². The monoisotopic (exact) mass is 440 g/mol. The van der Waals surface area contributed by atoms with Crippen molar-refractivity contribution in [1.82, 2.24) is 24.9 Å². The second-order valence-corrected chi connectivity index (χ2v) is 8.25. The van der Waals surface area contributed by atoms with Gasteiger partial charge in [0.1, 0.15) is 16.4 Å². The summed E-state index contributed by atoms with van der Waals surface area (Å²) in [6, 6.07) is -0.0739. The van der Waals surface area contributed by atoms with E-state index in [-0.39, 0.29) is 35.7 Å². The maximum atomic E-state index is 12.6. The van der Waals surface area contributed by atoms with Gasteiger partial charge in [0.2, 0.25) is 5.91 Å². The summed E-state index contributed by atoms with van der Waals surface area (Å²) in [5.74, 6) is -1.75. The van der Waals surface area contributed by atoms with Crippen LogP contribution in [0.15, 0.2) is 11.6 Å². The number of amides is 2. The molecule has 0 radical (unpaired) electrons. The van der Waals surface area contributed by atoms with Gasteiger partial charge in [-0.05, 0) is 6.42 Å². The predicted octanol–water partition coefficient (Wildman–Crippen LogP) is -0.183. The fraction of sp³-hybridized carbons (Fsp3) is 0.500. The molecule has 0 spiro atoms. The predicted molar refractivity (Wildman–Crippen MR) is 104 cm³/mol. The quantitative estimate of drug-likeness (QED) is 0.512. The van der Waals surface area contributed by atoms with Crippen LogP contribution in [0.2, 0.25) is 0 Å². The van der Waals surface area contributed by atoms with Gasteiger partial charge >= 0.3 is 5.97 Å². The van der Waals surface area contributed by atoms with Crippen LogP contribution in [0.4, 0.5) is 0 Å². The highest BCUT2D eigenvalue weighted by Crippen LogP contribution is 2.18. The summed E-state index contributed by atoms with van der Waals surface area (Å²) in [7, 11) is 0. The van der Waals surface area contributed by atoms with Crippen LogP contribution in [0, 0.1) is 0 Å². The largest absolute Gasteiger partial charge is 0.481 e. The summed E-state index contributed by atoms with van der Waals surface area (Å²) in [6.07, 6.45) is 2.43. The van der Waals surface area contributed by atoms with Crippen LogP contribution in [-0.4, -0.2) is 78.5 Å². The van der Waals surface area contributed by atoms with Gasteiger partial charge in [-0.3, -0.25) is 14.4 Å². The van der Waals surface area contributed by atoms with Gasteiger partial charge in [-0.2, -0.15) is 0 Å². The Morgan fingerprint density at radius 3 is 2.90 bits per heavy atom. The maximum absolute atomic E-state index is 12.6. The van der Waals surface area contributed by atoms with Gasteiger partial charge in [0.05, 0.1) is 43.4 Å². The van der Waals surface area contributed by atoms with Crippen molar-refractivity contribution in [3.8, 4) is 0 Å². The summed E-state index contributed by atoms with van der Waals surface area (Å²) >= 11 is 2.36. The smallest absolute Gasteiger partial charge is 0.313 e. The van der Waals surface area contributed by atoms with E-state index in [1.807, 2.05) is 0 Å². The molecule has 13 heteroatoms. The highest BCUT2D eigenvalue weighted by molar-refractivity contribution is 8.00. The van der Waals surface area contributed by atoms with Crippen molar-refractivity contribution < 1.29 is 24.2 Å². The Labute approximate surface area is 174 Å². The fourth-order valence-corrected chi connectivity index (χ4v) is 4.19. The lowest BCUT2D eigenvalue weighted by atomic mass is 10.2. The number of nitrogens with two attached hydrogens (primary N) is 1. The number of aliphatic carboxylic acids is 1. The topological polar surface area (TPSA) is 154 Å². The molecular formula is C16H20N6O5S2. The Bertz CT molecular complexity index is 879. The summed E-state index contributed by atoms with van der Waals surface area (Å²) < 4.78 is 6.97. The van der Waals surface area contributed by atoms with E-state index in [9.17, 15) is 14.4 Å². The van der Waals surface area contributed by atoms with Gasteiger partial charge in [-0.15, -0.1) is 28.2 Å². The molecule has 1 atom stereocenters. The molecule has 2 aromatic heterocycles.